The smallest absolute Gasteiger partial charge is 0.133 e. The Hall–Kier alpha value is -1.36. The zero-order valence-electron chi connectivity index (χ0n) is 12.3. The first-order chi connectivity index (χ1) is 9.16. The van der Waals surface area contributed by atoms with E-state index in [0.29, 0.717) is 0 Å². The van der Waals surface area contributed by atoms with Gasteiger partial charge in [-0.1, -0.05) is 0 Å². The van der Waals surface area contributed by atoms with Crippen molar-refractivity contribution in [2.75, 3.05) is 50.6 Å². The molecule has 106 valence electrons. The fourth-order valence-corrected chi connectivity index (χ4v) is 2.45. The molecule has 2 rings (SSSR count). The molecule has 1 aromatic heterocycles. The third-order valence-corrected chi connectivity index (χ3v) is 3.82. The van der Waals surface area contributed by atoms with E-state index in [0.717, 1.165) is 24.1 Å². The van der Waals surface area contributed by atoms with Crippen LogP contribution < -0.4 is 15.1 Å². The molecule has 0 amide bonds. The predicted octanol–water partition coefficient (Wildman–Crippen LogP) is 1.37. The third kappa shape index (κ3) is 4.06. The van der Waals surface area contributed by atoms with Crippen LogP contribution in [0.2, 0.25) is 0 Å². The van der Waals surface area contributed by atoms with Gasteiger partial charge < -0.3 is 15.1 Å². The largest absolute Gasteiger partial charge is 0.363 e. The zero-order valence-corrected chi connectivity index (χ0v) is 12.3. The minimum atomic E-state index is 0.860. The van der Waals surface area contributed by atoms with Crippen molar-refractivity contribution in [2.24, 2.45) is 5.92 Å². The summed E-state index contributed by atoms with van der Waals surface area (Å²) in [4.78, 5) is 12.9. The molecule has 5 heteroatoms. The van der Waals surface area contributed by atoms with Gasteiger partial charge >= 0.3 is 0 Å². The van der Waals surface area contributed by atoms with Crippen LogP contribution in [0.3, 0.4) is 0 Å². The molecule has 0 bridgehead atoms. The maximum Gasteiger partial charge on any atom is 0.133 e. The van der Waals surface area contributed by atoms with Crippen LogP contribution >= 0.6 is 0 Å². The van der Waals surface area contributed by atoms with E-state index in [-0.39, 0.29) is 0 Å². The van der Waals surface area contributed by atoms with E-state index in [4.69, 9.17) is 0 Å². The number of rotatable bonds is 5. The average Bonchev–Trinajstić information content (AvgIpc) is 2.46. The summed E-state index contributed by atoms with van der Waals surface area (Å²) in [5.74, 6) is 2.82. The van der Waals surface area contributed by atoms with Gasteiger partial charge in [-0.3, -0.25) is 0 Å². The monoisotopic (exact) mass is 263 g/mol. The maximum atomic E-state index is 4.36. The molecule has 19 heavy (non-hydrogen) atoms. The van der Waals surface area contributed by atoms with Gasteiger partial charge in [0.2, 0.25) is 0 Å². The van der Waals surface area contributed by atoms with Crippen LogP contribution in [0, 0.1) is 5.92 Å². The molecule has 0 saturated carbocycles. The van der Waals surface area contributed by atoms with Gasteiger partial charge in [-0.05, 0) is 38.3 Å². The molecule has 5 nitrogen and oxygen atoms in total. The molecular weight excluding hydrogens is 238 g/mol. The summed E-state index contributed by atoms with van der Waals surface area (Å²) in [6.07, 6.45) is 5.51. The van der Waals surface area contributed by atoms with Crippen molar-refractivity contribution in [3.05, 3.63) is 12.4 Å². The number of hydrogen-bond acceptors (Lipinski definition) is 5. The second kappa shape index (κ2) is 6.70. The average molecular weight is 263 g/mol. The van der Waals surface area contributed by atoms with Gasteiger partial charge in [-0.25, -0.2) is 9.97 Å². The molecule has 2 heterocycles. The van der Waals surface area contributed by atoms with Crippen LogP contribution in [0.25, 0.3) is 0 Å². The molecule has 1 aromatic rings. The Morgan fingerprint density at radius 1 is 1.16 bits per heavy atom. The summed E-state index contributed by atoms with van der Waals surface area (Å²) in [5.41, 5.74) is 0. The molecule has 1 N–H and O–H groups in total. The molecule has 0 atom stereocenters. The second-order valence-electron chi connectivity index (χ2n) is 5.53. The molecule has 1 saturated heterocycles. The van der Waals surface area contributed by atoms with Gasteiger partial charge in [-0.15, -0.1) is 0 Å². The van der Waals surface area contributed by atoms with Crippen molar-refractivity contribution in [2.45, 2.75) is 19.3 Å². The topological polar surface area (TPSA) is 44.3 Å². The van der Waals surface area contributed by atoms with E-state index in [1.807, 2.05) is 25.1 Å². The highest BCUT2D eigenvalue weighted by molar-refractivity contribution is 5.48. The molecule has 1 aliphatic rings. The van der Waals surface area contributed by atoms with Crippen LogP contribution in [0.4, 0.5) is 11.6 Å². The SMILES string of the molecule is CN(C)c1cc(N(C)CCC2CCNCC2)ncn1. The molecule has 0 aliphatic carbocycles. The van der Waals surface area contributed by atoms with Gasteiger partial charge in [-0.2, -0.15) is 0 Å². The first kappa shape index (κ1) is 14.1. The van der Waals surface area contributed by atoms with E-state index in [1.165, 1.54) is 32.4 Å². The lowest BCUT2D eigenvalue weighted by Gasteiger charge is -2.26. The quantitative estimate of drug-likeness (QED) is 0.869. The first-order valence-electron chi connectivity index (χ1n) is 7.08. The highest BCUT2D eigenvalue weighted by Gasteiger charge is 2.14. The lowest BCUT2D eigenvalue weighted by molar-refractivity contribution is 0.356. The fraction of sp³-hybridized carbons (Fsp3) is 0.714. The Kier molecular flexibility index (Phi) is 4.96. The predicted molar refractivity (Wildman–Crippen MR) is 79.8 cm³/mol. The summed E-state index contributed by atoms with van der Waals surface area (Å²) in [6, 6.07) is 2.04. The van der Waals surface area contributed by atoms with Crippen LogP contribution in [0.1, 0.15) is 19.3 Å². The Bertz CT molecular complexity index is 387. The van der Waals surface area contributed by atoms with E-state index < -0.39 is 0 Å². The molecule has 0 spiro atoms. The summed E-state index contributed by atoms with van der Waals surface area (Å²) < 4.78 is 0. The van der Waals surface area contributed by atoms with Crippen molar-refractivity contribution in [1.29, 1.82) is 0 Å². The highest BCUT2D eigenvalue weighted by atomic mass is 15.2. The van der Waals surface area contributed by atoms with E-state index in [1.54, 1.807) is 6.33 Å². The summed E-state index contributed by atoms with van der Waals surface area (Å²) in [5, 5.41) is 3.41. The molecular formula is C14H25N5. The van der Waals surface area contributed by atoms with Gasteiger partial charge in [0.1, 0.15) is 18.0 Å². The molecule has 0 radical (unpaired) electrons. The first-order valence-corrected chi connectivity index (χ1v) is 7.08. The van der Waals surface area contributed by atoms with E-state index in [9.17, 15) is 0 Å². The molecule has 1 fully saturated rings. The second-order valence-corrected chi connectivity index (χ2v) is 5.53. The normalized spacial score (nSPS) is 16.4. The lowest BCUT2D eigenvalue weighted by Crippen LogP contribution is -2.30. The Balaban J connectivity index is 1.88. The molecule has 1 aliphatic heterocycles. The van der Waals surface area contributed by atoms with Gasteiger partial charge in [0, 0.05) is 33.8 Å². The highest BCUT2D eigenvalue weighted by Crippen LogP contribution is 2.19. The van der Waals surface area contributed by atoms with E-state index in [2.05, 4.69) is 27.2 Å². The third-order valence-electron chi connectivity index (χ3n) is 3.82. The summed E-state index contributed by atoms with van der Waals surface area (Å²) in [6.45, 7) is 3.41. The van der Waals surface area contributed by atoms with Crippen molar-refractivity contribution in [1.82, 2.24) is 15.3 Å². The maximum absolute atomic E-state index is 4.36. The van der Waals surface area contributed by atoms with Crippen molar-refractivity contribution < 1.29 is 0 Å². The Morgan fingerprint density at radius 3 is 2.53 bits per heavy atom. The minimum Gasteiger partial charge on any atom is -0.363 e. The summed E-state index contributed by atoms with van der Waals surface area (Å²) >= 11 is 0. The minimum absolute atomic E-state index is 0.860. The number of nitrogens with zero attached hydrogens (tertiary/aromatic N) is 4. The lowest BCUT2D eigenvalue weighted by atomic mass is 9.94. The standard InChI is InChI=1S/C14H25N5/c1-18(2)13-10-14(17-11-16-13)19(3)9-6-12-4-7-15-8-5-12/h10-12,15H,4-9H2,1-3H3. The van der Waals surface area contributed by atoms with Crippen LogP contribution in [-0.2, 0) is 0 Å². The molecule has 0 unspecified atom stereocenters. The van der Waals surface area contributed by atoms with Crippen molar-refractivity contribution in [3.63, 3.8) is 0 Å². The van der Waals surface area contributed by atoms with Crippen LogP contribution in [-0.4, -0.2) is 50.7 Å². The number of anilines is 2. The van der Waals surface area contributed by atoms with Crippen LogP contribution in [0.15, 0.2) is 12.4 Å². The van der Waals surface area contributed by atoms with Gasteiger partial charge in [0.25, 0.3) is 0 Å². The Morgan fingerprint density at radius 2 is 1.84 bits per heavy atom. The Labute approximate surface area is 116 Å². The zero-order chi connectivity index (χ0) is 13.7. The molecule has 0 aromatic carbocycles. The van der Waals surface area contributed by atoms with Gasteiger partial charge in [0.15, 0.2) is 0 Å². The number of hydrogen-bond donors (Lipinski definition) is 1. The number of aromatic nitrogens is 2. The number of nitrogens with one attached hydrogen (secondary N) is 1. The van der Waals surface area contributed by atoms with Crippen LogP contribution in [0.5, 0.6) is 0 Å². The van der Waals surface area contributed by atoms with E-state index >= 15 is 0 Å². The van der Waals surface area contributed by atoms with Gasteiger partial charge in [0.05, 0.1) is 0 Å². The number of piperidine rings is 1. The summed E-state index contributed by atoms with van der Waals surface area (Å²) in [7, 11) is 6.12. The van der Waals surface area contributed by atoms with Crippen molar-refractivity contribution >= 4 is 11.6 Å². The van der Waals surface area contributed by atoms with Crippen molar-refractivity contribution in [3.8, 4) is 0 Å². The fourth-order valence-electron chi connectivity index (χ4n) is 2.45.